The fourth-order valence-corrected chi connectivity index (χ4v) is 8.44. The normalized spacial score (nSPS) is 19.2. The van der Waals surface area contributed by atoms with E-state index in [1.807, 2.05) is 0 Å². The van der Waals surface area contributed by atoms with Gasteiger partial charge in [-0.15, -0.1) is 0 Å². The number of rotatable bonds is 7. The molecule has 0 spiro atoms. The van der Waals surface area contributed by atoms with Crippen LogP contribution in [0.3, 0.4) is 0 Å². The highest BCUT2D eigenvalue weighted by molar-refractivity contribution is 8.00. The van der Waals surface area contributed by atoms with Crippen LogP contribution in [0.25, 0.3) is 0 Å². The smallest absolute Gasteiger partial charge is 0.418 e. The number of nitrogens with one attached hydrogen (secondary N) is 1. The molecule has 0 radical (unpaired) electrons. The van der Waals surface area contributed by atoms with Crippen molar-refractivity contribution >= 4 is 52.2 Å². The van der Waals surface area contributed by atoms with Crippen molar-refractivity contribution in [3.63, 3.8) is 0 Å². The van der Waals surface area contributed by atoms with Crippen LogP contribution in [-0.2, 0) is 27.1 Å². The van der Waals surface area contributed by atoms with Crippen molar-refractivity contribution < 1.29 is 37.0 Å². The molecule has 1 saturated heterocycles. The van der Waals surface area contributed by atoms with Crippen molar-refractivity contribution in [2.24, 2.45) is 5.92 Å². The zero-order chi connectivity index (χ0) is 32.0. The number of carbonyl (C=O) groups excluding carboxylic acids is 3. The summed E-state index contributed by atoms with van der Waals surface area (Å²) in [5, 5.41) is 1.60. The first-order valence-corrected chi connectivity index (χ1v) is 15.2. The van der Waals surface area contributed by atoms with E-state index in [1.54, 1.807) is 48.5 Å². The van der Waals surface area contributed by atoms with Gasteiger partial charge >= 0.3 is 11.0 Å². The lowest BCUT2D eigenvalue weighted by Gasteiger charge is -2.31. The molecule has 3 atom stereocenters. The minimum atomic E-state index is -4.71. The second kappa shape index (κ2) is 11.7. The van der Waals surface area contributed by atoms with E-state index in [4.69, 9.17) is 9.47 Å². The van der Waals surface area contributed by atoms with E-state index in [-0.39, 0.29) is 0 Å². The molecule has 0 aliphatic carbocycles. The Morgan fingerprint density at radius 3 is 2.29 bits per heavy atom. The minimum absolute atomic E-state index is 0.291. The minimum Gasteiger partial charge on any atom is -0.497 e. The third-order valence-corrected chi connectivity index (χ3v) is 10.3. The predicted molar refractivity (Wildman–Crippen MR) is 162 cm³/mol. The second-order valence-corrected chi connectivity index (χ2v) is 12.3. The molecular formula is C31H24F3N3O6S2. The average Bonchev–Trinajstić information content (AvgIpc) is 3.47. The number of alkyl halides is 3. The molecule has 4 aromatic rings. The van der Waals surface area contributed by atoms with Crippen molar-refractivity contribution in [2.45, 2.75) is 28.9 Å². The molecule has 9 nitrogen and oxygen atoms in total. The predicted octanol–water partition coefficient (Wildman–Crippen LogP) is 5.38. The van der Waals surface area contributed by atoms with Crippen LogP contribution in [0.15, 0.2) is 82.6 Å². The standard InChI is InChI=1S/C31H24F3N3O6S2/c1-42-17-13-11-16(12-14-17)37-27(39)24-23(18-7-3-6-10-21(18)43-2)26-29(44-25(24)28(37)40)36(30(41)45-26)15-22(38)35-20-9-5-4-8-19(20)31(32,33)34/h3-14,23-25H,15H2,1-2H3,(H,35,38)/t23-,24?,25?/m1/s1. The topological polar surface area (TPSA) is 107 Å². The van der Waals surface area contributed by atoms with Gasteiger partial charge in [-0.1, -0.05) is 53.4 Å². The SMILES string of the molecule is COc1ccc(N2C(=O)C3Sc4c(sc(=O)n4CC(=O)Nc4ccccc4C(F)(F)F)[C@H](c4ccccc4OC)C3C2=O)cc1. The highest BCUT2D eigenvalue weighted by Crippen LogP contribution is 2.55. The number of amides is 3. The number of hydrogen-bond donors (Lipinski definition) is 1. The quantitative estimate of drug-likeness (QED) is 0.267. The Balaban J connectivity index is 1.41. The maximum Gasteiger partial charge on any atom is 0.418 e. The lowest BCUT2D eigenvalue weighted by atomic mass is 9.82. The summed E-state index contributed by atoms with van der Waals surface area (Å²) in [4.78, 5) is 55.4. The van der Waals surface area contributed by atoms with Crippen LogP contribution >= 0.6 is 23.1 Å². The van der Waals surface area contributed by atoms with Gasteiger partial charge in [-0.05, 0) is 42.5 Å². The van der Waals surface area contributed by atoms with Crippen LogP contribution < -0.4 is 24.6 Å². The summed E-state index contributed by atoms with van der Waals surface area (Å²) in [5.74, 6) is -2.53. The van der Waals surface area contributed by atoms with Crippen LogP contribution in [0.2, 0.25) is 0 Å². The maximum absolute atomic E-state index is 14.1. The first-order chi connectivity index (χ1) is 21.5. The zero-order valence-corrected chi connectivity index (χ0v) is 25.3. The average molecular weight is 656 g/mol. The molecule has 6 rings (SSSR count). The number of nitrogens with zero attached hydrogens (tertiary/aromatic N) is 2. The van der Waals surface area contributed by atoms with E-state index in [0.717, 1.165) is 44.7 Å². The summed E-state index contributed by atoms with van der Waals surface area (Å²) in [6, 6.07) is 18.0. The number of benzene rings is 3. The van der Waals surface area contributed by atoms with Crippen LogP contribution in [0.5, 0.6) is 11.5 Å². The van der Waals surface area contributed by atoms with Crippen molar-refractivity contribution in [2.75, 3.05) is 24.4 Å². The number of methoxy groups -OCH3 is 2. The van der Waals surface area contributed by atoms with E-state index in [0.29, 0.717) is 32.7 Å². The van der Waals surface area contributed by atoms with Gasteiger partial charge in [-0.25, -0.2) is 4.90 Å². The van der Waals surface area contributed by atoms with E-state index >= 15 is 0 Å². The van der Waals surface area contributed by atoms with Gasteiger partial charge in [0.2, 0.25) is 17.7 Å². The molecule has 14 heteroatoms. The largest absolute Gasteiger partial charge is 0.497 e. The Bertz CT molecular complexity index is 1870. The highest BCUT2D eigenvalue weighted by Gasteiger charge is 2.57. The van der Waals surface area contributed by atoms with Crippen molar-refractivity contribution in [3.8, 4) is 11.5 Å². The summed E-state index contributed by atoms with van der Waals surface area (Å²) in [5.41, 5.74) is -0.548. The molecule has 3 aromatic carbocycles. The molecule has 1 N–H and O–H groups in total. The van der Waals surface area contributed by atoms with E-state index < -0.39 is 63.7 Å². The Morgan fingerprint density at radius 1 is 0.911 bits per heavy atom. The lowest BCUT2D eigenvalue weighted by Crippen LogP contribution is -2.33. The van der Waals surface area contributed by atoms with Crippen LogP contribution in [0.1, 0.15) is 21.9 Å². The molecule has 45 heavy (non-hydrogen) atoms. The summed E-state index contributed by atoms with van der Waals surface area (Å²) < 4.78 is 52.5. The van der Waals surface area contributed by atoms with Crippen molar-refractivity contribution in [1.82, 2.24) is 4.57 Å². The number of thioether (sulfide) groups is 1. The molecule has 0 saturated carbocycles. The van der Waals surface area contributed by atoms with Crippen LogP contribution in [0, 0.1) is 5.92 Å². The first-order valence-electron chi connectivity index (χ1n) is 13.5. The summed E-state index contributed by atoms with van der Waals surface area (Å²) in [6.45, 7) is -0.607. The first kappa shape index (κ1) is 30.5. The Labute approximate surface area is 262 Å². The molecular weight excluding hydrogens is 631 g/mol. The lowest BCUT2D eigenvalue weighted by molar-refractivity contribution is -0.137. The molecule has 1 fully saturated rings. The van der Waals surface area contributed by atoms with Crippen molar-refractivity contribution in [3.05, 3.63) is 98.5 Å². The number of ether oxygens (including phenoxy) is 2. The molecule has 2 unspecified atom stereocenters. The molecule has 232 valence electrons. The number of fused-ring (bicyclic) bond motifs is 2. The third kappa shape index (κ3) is 5.37. The zero-order valence-electron chi connectivity index (χ0n) is 23.7. The number of halogens is 3. The highest BCUT2D eigenvalue weighted by atomic mass is 32.2. The van der Waals surface area contributed by atoms with Gasteiger partial charge in [0, 0.05) is 16.4 Å². The number of hydrogen-bond acceptors (Lipinski definition) is 8. The second-order valence-electron chi connectivity index (χ2n) is 10.2. The monoisotopic (exact) mass is 655 g/mol. The van der Waals surface area contributed by atoms with Gasteiger partial charge in [0.25, 0.3) is 0 Å². The number of anilines is 2. The molecule has 1 aromatic heterocycles. The fourth-order valence-electron chi connectivity index (χ4n) is 5.67. The summed E-state index contributed by atoms with van der Waals surface area (Å²) in [7, 11) is 2.97. The number of thiazole rings is 1. The van der Waals surface area contributed by atoms with E-state index in [1.165, 1.54) is 26.4 Å². The Morgan fingerprint density at radius 2 is 1.60 bits per heavy atom. The maximum atomic E-state index is 14.1. The Hall–Kier alpha value is -4.56. The third-order valence-electron chi connectivity index (χ3n) is 7.66. The van der Waals surface area contributed by atoms with Gasteiger partial charge in [0.15, 0.2) is 0 Å². The molecule has 3 heterocycles. The number of imide groups is 1. The fraction of sp³-hybridized carbons (Fsp3) is 0.226. The summed E-state index contributed by atoms with van der Waals surface area (Å²) in [6.07, 6.45) is -4.71. The summed E-state index contributed by atoms with van der Waals surface area (Å²) >= 11 is 1.82. The van der Waals surface area contributed by atoms with Gasteiger partial charge in [0.05, 0.1) is 42.1 Å². The molecule has 2 aliphatic rings. The van der Waals surface area contributed by atoms with Gasteiger partial charge < -0.3 is 14.8 Å². The van der Waals surface area contributed by atoms with Gasteiger partial charge in [-0.2, -0.15) is 13.2 Å². The van der Waals surface area contributed by atoms with Crippen molar-refractivity contribution in [1.29, 1.82) is 0 Å². The van der Waals surface area contributed by atoms with Crippen LogP contribution in [-0.4, -0.2) is 41.8 Å². The van der Waals surface area contributed by atoms with Crippen LogP contribution in [0.4, 0.5) is 24.5 Å². The molecule has 0 bridgehead atoms. The van der Waals surface area contributed by atoms with Gasteiger partial charge in [0.1, 0.15) is 23.3 Å². The van der Waals surface area contributed by atoms with E-state index in [2.05, 4.69) is 5.32 Å². The molecule has 2 aliphatic heterocycles. The number of carbonyl (C=O) groups is 3. The molecule has 3 amide bonds. The Kier molecular flexibility index (Phi) is 7.95. The van der Waals surface area contributed by atoms with Gasteiger partial charge in [-0.3, -0.25) is 23.7 Å². The number of para-hydroxylation sites is 2. The van der Waals surface area contributed by atoms with E-state index in [9.17, 15) is 32.3 Å². The number of aromatic nitrogens is 1.